The molecule has 1 amide bonds. The van der Waals surface area contributed by atoms with Gasteiger partial charge in [0.1, 0.15) is 0 Å². The van der Waals surface area contributed by atoms with Gasteiger partial charge in [-0.3, -0.25) is 4.79 Å². The van der Waals surface area contributed by atoms with Gasteiger partial charge < -0.3 is 5.11 Å². The lowest BCUT2D eigenvalue weighted by Crippen LogP contribution is -2.44. The predicted octanol–water partition coefficient (Wildman–Crippen LogP) is 4.14. The third-order valence-corrected chi connectivity index (χ3v) is 5.52. The van der Waals surface area contributed by atoms with Crippen LogP contribution in [0.3, 0.4) is 0 Å². The molecule has 0 saturated carbocycles. The number of nitrogens with zero attached hydrogens (tertiary/aromatic N) is 2. The number of amides is 1. The molecule has 1 aliphatic heterocycles. The highest BCUT2D eigenvalue weighted by molar-refractivity contribution is 9.10. The lowest BCUT2D eigenvalue weighted by Gasteiger charge is -2.31. The van der Waals surface area contributed by atoms with Crippen molar-refractivity contribution in [1.82, 2.24) is 5.01 Å². The molecule has 3 rings (SSSR count). The zero-order valence-corrected chi connectivity index (χ0v) is 16.3. The number of hydrogen-bond donors (Lipinski definition) is 1. The quantitative estimate of drug-likeness (QED) is 0.793. The van der Waals surface area contributed by atoms with E-state index in [-0.39, 0.29) is 11.7 Å². The normalized spacial score (nSPS) is 19.8. The van der Waals surface area contributed by atoms with Gasteiger partial charge in [0.05, 0.1) is 5.75 Å². The summed E-state index contributed by atoms with van der Waals surface area (Å²) in [5.74, 6) is 0.827. The SMILES string of the molecule is CC1=NN(C(=O)CSCc2ccccc2)[C@](O)(c2ccc(Br)cc2)C1. The fourth-order valence-electron chi connectivity index (χ4n) is 2.82. The molecule has 0 aromatic heterocycles. The number of benzene rings is 2. The fraction of sp³-hybridized carbons (Fsp3) is 0.263. The molecule has 130 valence electrons. The smallest absolute Gasteiger partial charge is 0.255 e. The summed E-state index contributed by atoms with van der Waals surface area (Å²) in [6.45, 7) is 1.83. The van der Waals surface area contributed by atoms with Crippen LogP contribution in [0, 0.1) is 0 Å². The molecule has 0 bridgehead atoms. The number of aliphatic hydroxyl groups is 1. The zero-order valence-electron chi connectivity index (χ0n) is 13.9. The van der Waals surface area contributed by atoms with Gasteiger partial charge in [-0.05, 0) is 24.6 Å². The molecule has 0 saturated heterocycles. The van der Waals surface area contributed by atoms with Crippen LogP contribution in [0.25, 0.3) is 0 Å². The van der Waals surface area contributed by atoms with Crippen LogP contribution >= 0.6 is 27.7 Å². The van der Waals surface area contributed by atoms with E-state index in [1.54, 1.807) is 0 Å². The number of carbonyl (C=O) groups is 1. The standard InChI is InChI=1S/C19H19BrN2O2S/c1-14-11-19(24,16-7-9-17(20)10-8-16)22(21-14)18(23)13-25-12-15-5-3-2-4-6-15/h2-10,24H,11-13H2,1H3/t19-/m1/s1. The largest absolute Gasteiger partial charge is 0.365 e. The van der Waals surface area contributed by atoms with Crippen molar-refractivity contribution >= 4 is 39.3 Å². The molecule has 1 atom stereocenters. The van der Waals surface area contributed by atoms with Gasteiger partial charge in [-0.2, -0.15) is 10.1 Å². The van der Waals surface area contributed by atoms with Crippen LogP contribution in [0.1, 0.15) is 24.5 Å². The topological polar surface area (TPSA) is 52.9 Å². The highest BCUT2D eigenvalue weighted by Crippen LogP contribution is 2.36. The Labute approximate surface area is 160 Å². The summed E-state index contributed by atoms with van der Waals surface area (Å²) < 4.78 is 0.923. The van der Waals surface area contributed by atoms with Gasteiger partial charge in [-0.1, -0.05) is 58.4 Å². The number of hydrazone groups is 1. The molecule has 25 heavy (non-hydrogen) atoms. The number of halogens is 1. The lowest BCUT2D eigenvalue weighted by atomic mass is 9.98. The Morgan fingerprint density at radius 2 is 1.92 bits per heavy atom. The summed E-state index contributed by atoms with van der Waals surface area (Å²) in [6, 6.07) is 17.4. The van der Waals surface area contributed by atoms with Gasteiger partial charge in [0.2, 0.25) is 0 Å². The van der Waals surface area contributed by atoms with Crippen LogP contribution < -0.4 is 0 Å². The second-order valence-electron chi connectivity index (χ2n) is 6.02. The first-order chi connectivity index (χ1) is 12.0. The molecule has 0 fully saturated rings. The molecular formula is C19H19BrN2O2S. The first-order valence-electron chi connectivity index (χ1n) is 7.96. The number of thioether (sulfide) groups is 1. The third kappa shape index (κ3) is 4.14. The average molecular weight is 419 g/mol. The highest BCUT2D eigenvalue weighted by atomic mass is 79.9. The highest BCUT2D eigenvalue weighted by Gasteiger charge is 2.44. The van der Waals surface area contributed by atoms with E-state index in [0.29, 0.717) is 12.0 Å². The molecule has 0 radical (unpaired) electrons. The fourth-order valence-corrected chi connectivity index (χ4v) is 3.91. The molecule has 1 heterocycles. The summed E-state index contributed by atoms with van der Waals surface area (Å²) in [5.41, 5.74) is 1.17. The van der Waals surface area contributed by atoms with Crippen molar-refractivity contribution in [2.24, 2.45) is 5.10 Å². The van der Waals surface area contributed by atoms with Gasteiger partial charge >= 0.3 is 0 Å². The Bertz CT molecular complexity index is 780. The van der Waals surface area contributed by atoms with Crippen LogP contribution in [-0.4, -0.2) is 27.5 Å². The van der Waals surface area contributed by atoms with E-state index in [1.807, 2.05) is 61.5 Å². The van der Waals surface area contributed by atoms with Crippen LogP contribution in [0.15, 0.2) is 64.2 Å². The summed E-state index contributed by atoms with van der Waals surface area (Å²) in [6.07, 6.45) is 0.323. The van der Waals surface area contributed by atoms with Crippen LogP contribution in [0.5, 0.6) is 0 Å². The van der Waals surface area contributed by atoms with E-state index in [2.05, 4.69) is 21.0 Å². The maximum atomic E-state index is 12.7. The average Bonchev–Trinajstić information content (AvgIpc) is 2.92. The van der Waals surface area contributed by atoms with Crippen molar-refractivity contribution in [2.75, 3.05) is 5.75 Å². The Kier molecular flexibility index (Phi) is 5.61. The van der Waals surface area contributed by atoms with Crippen LogP contribution in [0.2, 0.25) is 0 Å². The Balaban J connectivity index is 1.69. The molecule has 2 aromatic rings. The molecular weight excluding hydrogens is 400 g/mol. The van der Waals surface area contributed by atoms with Crippen molar-refractivity contribution < 1.29 is 9.90 Å². The molecule has 4 nitrogen and oxygen atoms in total. The van der Waals surface area contributed by atoms with Gasteiger partial charge in [0.25, 0.3) is 5.91 Å². The Morgan fingerprint density at radius 1 is 1.24 bits per heavy atom. The van der Waals surface area contributed by atoms with Gasteiger partial charge in [0.15, 0.2) is 5.72 Å². The summed E-state index contributed by atoms with van der Waals surface area (Å²) >= 11 is 4.91. The lowest BCUT2D eigenvalue weighted by molar-refractivity contribution is -0.154. The van der Waals surface area contributed by atoms with Gasteiger partial charge in [0, 0.05) is 27.9 Å². The zero-order chi connectivity index (χ0) is 17.9. The Morgan fingerprint density at radius 3 is 2.60 bits per heavy atom. The predicted molar refractivity (Wildman–Crippen MR) is 105 cm³/mol. The van der Waals surface area contributed by atoms with E-state index < -0.39 is 5.72 Å². The number of rotatable bonds is 5. The van der Waals surface area contributed by atoms with Gasteiger partial charge in [-0.25, -0.2) is 0 Å². The first-order valence-corrected chi connectivity index (χ1v) is 9.91. The maximum Gasteiger partial charge on any atom is 0.255 e. The summed E-state index contributed by atoms with van der Waals surface area (Å²) in [7, 11) is 0. The molecule has 6 heteroatoms. The minimum atomic E-state index is -1.41. The summed E-state index contributed by atoms with van der Waals surface area (Å²) in [5, 5.41) is 16.7. The molecule has 2 aromatic carbocycles. The van der Waals surface area contributed by atoms with E-state index >= 15 is 0 Å². The molecule has 1 N–H and O–H groups in total. The molecule has 0 spiro atoms. The minimum absolute atomic E-state index is 0.191. The first kappa shape index (κ1) is 18.2. The van der Waals surface area contributed by atoms with Crippen molar-refractivity contribution in [3.05, 3.63) is 70.2 Å². The van der Waals surface area contributed by atoms with E-state index in [4.69, 9.17) is 0 Å². The van der Waals surface area contributed by atoms with E-state index in [0.717, 1.165) is 15.9 Å². The minimum Gasteiger partial charge on any atom is -0.365 e. The van der Waals surface area contributed by atoms with Crippen molar-refractivity contribution in [1.29, 1.82) is 0 Å². The van der Waals surface area contributed by atoms with Crippen molar-refractivity contribution in [2.45, 2.75) is 24.8 Å². The third-order valence-electron chi connectivity index (χ3n) is 4.00. The second kappa shape index (κ2) is 7.72. The number of carbonyl (C=O) groups excluding carboxylic acids is 1. The van der Waals surface area contributed by atoms with Crippen LogP contribution in [0.4, 0.5) is 0 Å². The van der Waals surface area contributed by atoms with Crippen LogP contribution in [-0.2, 0) is 16.3 Å². The van der Waals surface area contributed by atoms with Crippen molar-refractivity contribution in [3.8, 4) is 0 Å². The molecule has 0 unspecified atom stereocenters. The monoisotopic (exact) mass is 418 g/mol. The molecule has 0 aliphatic carbocycles. The van der Waals surface area contributed by atoms with Crippen molar-refractivity contribution in [3.63, 3.8) is 0 Å². The second-order valence-corrected chi connectivity index (χ2v) is 7.92. The van der Waals surface area contributed by atoms with Gasteiger partial charge in [-0.15, -0.1) is 11.8 Å². The van der Waals surface area contributed by atoms with E-state index in [1.165, 1.54) is 22.3 Å². The Hall–Kier alpha value is -1.63. The van der Waals surface area contributed by atoms with E-state index in [9.17, 15) is 9.90 Å². The maximum absolute atomic E-state index is 12.7. The summed E-state index contributed by atoms with van der Waals surface area (Å²) in [4.78, 5) is 12.7. The number of hydrogen-bond acceptors (Lipinski definition) is 4. The molecule has 1 aliphatic rings.